The summed E-state index contributed by atoms with van der Waals surface area (Å²) in [6, 6.07) is 7.93. The van der Waals surface area contributed by atoms with E-state index in [4.69, 9.17) is 6.57 Å². The third-order valence-electron chi connectivity index (χ3n) is 5.15. The van der Waals surface area contributed by atoms with Gasteiger partial charge in [0.2, 0.25) is 5.69 Å². The standard InChI is InChI=1S/C23H19F4N5/c1-22(2,3)20-18(28-4)19(32(5)31-20)21-29-16-11-12(13-8-6-7-9-15(13)24)10-14(17(16)30-21)23(25,26)27/h6-11H,1-3,5H3,(H,29,30). The van der Waals surface area contributed by atoms with Crippen LogP contribution in [0.4, 0.5) is 23.2 Å². The van der Waals surface area contributed by atoms with E-state index in [0.29, 0.717) is 11.4 Å². The first-order valence-corrected chi connectivity index (χ1v) is 9.73. The fraction of sp³-hybridized carbons (Fsp3) is 0.261. The van der Waals surface area contributed by atoms with Crippen molar-refractivity contribution in [2.75, 3.05) is 0 Å². The van der Waals surface area contributed by atoms with Gasteiger partial charge in [-0.1, -0.05) is 39.0 Å². The Morgan fingerprint density at radius 3 is 2.38 bits per heavy atom. The molecule has 0 aliphatic carbocycles. The van der Waals surface area contributed by atoms with Gasteiger partial charge in [-0.2, -0.15) is 18.3 Å². The Balaban J connectivity index is 2.01. The molecule has 1 N–H and O–H groups in total. The fourth-order valence-corrected chi connectivity index (χ4v) is 3.69. The van der Waals surface area contributed by atoms with Gasteiger partial charge in [0.15, 0.2) is 0 Å². The van der Waals surface area contributed by atoms with Gasteiger partial charge in [-0.05, 0) is 29.2 Å². The van der Waals surface area contributed by atoms with Crippen molar-refractivity contribution in [1.29, 1.82) is 0 Å². The van der Waals surface area contributed by atoms with E-state index in [9.17, 15) is 17.6 Å². The summed E-state index contributed by atoms with van der Waals surface area (Å²) in [5, 5.41) is 4.42. The monoisotopic (exact) mass is 441 g/mol. The minimum Gasteiger partial charge on any atom is -0.337 e. The highest BCUT2D eigenvalue weighted by atomic mass is 19.4. The molecule has 9 heteroatoms. The first-order chi connectivity index (χ1) is 14.9. The van der Waals surface area contributed by atoms with Gasteiger partial charge >= 0.3 is 6.18 Å². The Morgan fingerprint density at radius 1 is 1.09 bits per heavy atom. The second kappa shape index (κ2) is 7.19. The van der Waals surface area contributed by atoms with Crippen molar-refractivity contribution in [3.8, 4) is 22.6 Å². The lowest BCUT2D eigenvalue weighted by Gasteiger charge is -2.15. The first-order valence-electron chi connectivity index (χ1n) is 9.73. The Bertz CT molecular complexity index is 1380. The molecule has 2 aromatic carbocycles. The van der Waals surface area contributed by atoms with E-state index in [1.807, 2.05) is 20.8 Å². The summed E-state index contributed by atoms with van der Waals surface area (Å²) >= 11 is 0. The molecule has 0 unspecified atom stereocenters. The van der Waals surface area contributed by atoms with Crippen LogP contribution in [0.2, 0.25) is 0 Å². The number of alkyl halides is 3. The first kappa shape index (κ1) is 21.6. The van der Waals surface area contributed by atoms with Crippen LogP contribution in [0.1, 0.15) is 32.0 Å². The number of H-pyrrole nitrogens is 1. The van der Waals surface area contributed by atoms with Crippen molar-refractivity contribution in [1.82, 2.24) is 19.7 Å². The lowest BCUT2D eigenvalue weighted by molar-refractivity contribution is -0.136. The lowest BCUT2D eigenvalue weighted by Crippen LogP contribution is -2.12. The van der Waals surface area contributed by atoms with Crippen LogP contribution in [0.15, 0.2) is 36.4 Å². The number of rotatable bonds is 2. The Labute approximate surface area is 181 Å². The van der Waals surface area contributed by atoms with E-state index in [-0.39, 0.29) is 33.7 Å². The number of aromatic amines is 1. The maximum absolute atomic E-state index is 14.3. The number of fused-ring (bicyclic) bond motifs is 1. The molecule has 0 saturated carbocycles. The Kier molecular flexibility index (Phi) is 4.84. The van der Waals surface area contributed by atoms with Gasteiger partial charge in [-0.3, -0.25) is 4.68 Å². The average Bonchev–Trinajstić information content (AvgIpc) is 3.26. The van der Waals surface area contributed by atoms with Gasteiger partial charge < -0.3 is 4.98 Å². The molecule has 4 aromatic rings. The molecule has 2 aromatic heterocycles. The van der Waals surface area contributed by atoms with E-state index < -0.39 is 23.0 Å². The third kappa shape index (κ3) is 3.51. The van der Waals surface area contributed by atoms with Crippen molar-refractivity contribution in [3.05, 3.63) is 64.9 Å². The third-order valence-corrected chi connectivity index (χ3v) is 5.15. The van der Waals surface area contributed by atoms with Crippen molar-refractivity contribution in [2.45, 2.75) is 32.4 Å². The highest BCUT2D eigenvalue weighted by molar-refractivity contribution is 5.89. The summed E-state index contributed by atoms with van der Waals surface area (Å²) < 4.78 is 57.4. The quantitative estimate of drug-likeness (QED) is 0.280. The number of benzene rings is 2. The molecule has 0 fully saturated rings. The average molecular weight is 441 g/mol. The number of halogens is 4. The molecular weight excluding hydrogens is 422 g/mol. The van der Waals surface area contributed by atoms with Crippen LogP contribution >= 0.6 is 0 Å². The fourth-order valence-electron chi connectivity index (χ4n) is 3.69. The van der Waals surface area contributed by atoms with Gasteiger partial charge in [0.25, 0.3) is 0 Å². The van der Waals surface area contributed by atoms with Crippen molar-refractivity contribution < 1.29 is 17.6 Å². The zero-order valence-electron chi connectivity index (χ0n) is 17.8. The molecule has 4 rings (SSSR count). The second-order valence-corrected chi connectivity index (χ2v) is 8.51. The van der Waals surface area contributed by atoms with Crippen LogP contribution in [0.25, 0.3) is 38.5 Å². The minimum atomic E-state index is -4.70. The summed E-state index contributed by atoms with van der Waals surface area (Å²) in [7, 11) is 1.61. The summed E-state index contributed by atoms with van der Waals surface area (Å²) in [4.78, 5) is 10.7. The number of nitrogens with one attached hydrogen (secondary N) is 1. The molecule has 0 radical (unpaired) electrons. The maximum Gasteiger partial charge on any atom is 0.418 e. The second-order valence-electron chi connectivity index (χ2n) is 8.51. The van der Waals surface area contributed by atoms with E-state index in [0.717, 1.165) is 6.07 Å². The van der Waals surface area contributed by atoms with Crippen LogP contribution in [-0.2, 0) is 18.6 Å². The molecule has 0 spiro atoms. The van der Waals surface area contributed by atoms with E-state index in [2.05, 4.69) is 19.9 Å². The summed E-state index contributed by atoms with van der Waals surface area (Å²) in [5.74, 6) is -0.542. The van der Waals surface area contributed by atoms with Gasteiger partial charge in [-0.25, -0.2) is 14.2 Å². The molecule has 0 aliphatic rings. The van der Waals surface area contributed by atoms with E-state index in [1.54, 1.807) is 13.1 Å². The topological polar surface area (TPSA) is 50.9 Å². The molecule has 32 heavy (non-hydrogen) atoms. The van der Waals surface area contributed by atoms with Crippen molar-refractivity contribution in [2.24, 2.45) is 7.05 Å². The number of hydrogen-bond acceptors (Lipinski definition) is 2. The van der Waals surface area contributed by atoms with Crippen LogP contribution in [-0.4, -0.2) is 19.7 Å². The number of imidazole rings is 1. The number of hydrogen-bond donors (Lipinski definition) is 1. The molecule has 2 heterocycles. The molecule has 0 bridgehead atoms. The van der Waals surface area contributed by atoms with Crippen molar-refractivity contribution >= 4 is 16.7 Å². The normalized spacial score (nSPS) is 12.3. The molecule has 0 amide bonds. The zero-order chi connectivity index (χ0) is 23.4. The zero-order valence-corrected chi connectivity index (χ0v) is 17.8. The highest BCUT2D eigenvalue weighted by Gasteiger charge is 2.35. The molecule has 0 saturated heterocycles. The molecule has 5 nitrogen and oxygen atoms in total. The van der Waals surface area contributed by atoms with Crippen LogP contribution in [0.3, 0.4) is 0 Å². The predicted octanol–water partition coefficient (Wildman–Crippen LogP) is 6.64. The van der Waals surface area contributed by atoms with Gasteiger partial charge in [0.1, 0.15) is 17.3 Å². The van der Waals surface area contributed by atoms with Crippen LogP contribution in [0, 0.1) is 12.4 Å². The van der Waals surface area contributed by atoms with E-state index in [1.165, 1.54) is 28.9 Å². The summed E-state index contributed by atoms with van der Waals surface area (Å²) in [6.07, 6.45) is -4.70. The smallest absolute Gasteiger partial charge is 0.337 e. The SMILES string of the molecule is [C-]#[N+]c1c(C(C)(C)C)nn(C)c1-c1nc2cc(-c3ccccc3F)cc(C(F)(F)F)c2[nH]1. The van der Waals surface area contributed by atoms with E-state index >= 15 is 0 Å². The summed E-state index contributed by atoms with van der Waals surface area (Å²) in [5.41, 5.74) is -0.484. The van der Waals surface area contributed by atoms with Gasteiger partial charge in [0.05, 0.1) is 28.9 Å². The van der Waals surface area contributed by atoms with Crippen LogP contribution in [0.5, 0.6) is 0 Å². The van der Waals surface area contributed by atoms with Gasteiger partial charge in [-0.15, -0.1) is 0 Å². The Hall–Kier alpha value is -3.67. The minimum absolute atomic E-state index is 0.0162. The van der Waals surface area contributed by atoms with Gasteiger partial charge in [0, 0.05) is 12.6 Å². The summed E-state index contributed by atoms with van der Waals surface area (Å²) in [6.45, 7) is 13.3. The molecule has 0 aliphatic heterocycles. The molecular formula is C23H19F4N5. The highest BCUT2D eigenvalue weighted by Crippen LogP contribution is 2.41. The number of nitrogens with zero attached hydrogens (tertiary/aromatic N) is 4. The lowest BCUT2D eigenvalue weighted by atomic mass is 9.91. The van der Waals surface area contributed by atoms with Crippen LogP contribution < -0.4 is 0 Å². The predicted molar refractivity (Wildman–Crippen MR) is 114 cm³/mol. The Morgan fingerprint density at radius 2 is 1.78 bits per heavy atom. The molecule has 164 valence electrons. The maximum atomic E-state index is 14.3. The molecule has 0 atom stereocenters. The number of aryl methyl sites for hydroxylation is 1. The largest absolute Gasteiger partial charge is 0.418 e. The van der Waals surface area contributed by atoms with Crippen molar-refractivity contribution in [3.63, 3.8) is 0 Å². The number of aromatic nitrogens is 4.